The molecule has 1 atom stereocenters. The van der Waals surface area contributed by atoms with E-state index < -0.39 is 4.92 Å². The summed E-state index contributed by atoms with van der Waals surface area (Å²) < 4.78 is 0. The minimum Gasteiger partial charge on any atom is -0.360 e. The van der Waals surface area contributed by atoms with E-state index in [2.05, 4.69) is 25.5 Å². The molecule has 0 saturated carbocycles. The molecular formula is C12H16N6O2. The van der Waals surface area contributed by atoms with Crippen LogP contribution in [-0.2, 0) is 0 Å². The second-order valence-corrected chi connectivity index (χ2v) is 4.44. The molecule has 0 aromatic carbocycles. The molecule has 8 nitrogen and oxygen atoms in total. The molecule has 2 N–H and O–H groups in total. The number of hydrogen-bond acceptors (Lipinski definition) is 6. The standard InChI is InChI=1S/C12H16N6O2/c1-4-9(12-14-8(3)16-17-12)15-11-6-5-10(18(19)20)7(2)13-11/h5-6,9H,4H2,1-3H3,(H,13,15)(H,14,16,17)/t9-/m0/s1. The molecule has 2 aromatic rings. The maximum atomic E-state index is 10.8. The lowest BCUT2D eigenvalue weighted by atomic mass is 10.2. The van der Waals surface area contributed by atoms with Gasteiger partial charge in [0.25, 0.3) is 5.69 Å². The summed E-state index contributed by atoms with van der Waals surface area (Å²) in [4.78, 5) is 18.8. The Balaban J connectivity index is 2.20. The number of aryl methyl sites for hydroxylation is 2. The molecule has 106 valence electrons. The van der Waals surface area contributed by atoms with Crippen LogP contribution in [0.15, 0.2) is 12.1 Å². The lowest BCUT2D eigenvalue weighted by Gasteiger charge is -2.14. The fourth-order valence-electron chi connectivity index (χ4n) is 1.87. The number of hydrogen-bond donors (Lipinski definition) is 2. The normalized spacial score (nSPS) is 12.2. The van der Waals surface area contributed by atoms with Crippen LogP contribution in [0, 0.1) is 24.0 Å². The molecule has 0 bridgehead atoms. The Hall–Kier alpha value is -2.51. The van der Waals surface area contributed by atoms with Crippen LogP contribution in [0.25, 0.3) is 0 Å². The van der Waals surface area contributed by atoms with Crippen molar-refractivity contribution in [3.05, 3.63) is 39.6 Å². The summed E-state index contributed by atoms with van der Waals surface area (Å²) in [6.45, 7) is 5.44. The minimum atomic E-state index is -0.442. The highest BCUT2D eigenvalue weighted by Gasteiger charge is 2.17. The third kappa shape index (κ3) is 2.90. The van der Waals surface area contributed by atoms with Gasteiger partial charge >= 0.3 is 0 Å². The molecule has 0 spiro atoms. The van der Waals surface area contributed by atoms with Crippen LogP contribution < -0.4 is 5.32 Å². The smallest absolute Gasteiger partial charge is 0.290 e. The minimum absolute atomic E-state index is 0.0114. The SMILES string of the molecule is CC[C@H](Nc1ccc([N+](=O)[O-])c(C)n1)c1n[nH]c(C)n1. The summed E-state index contributed by atoms with van der Waals surface area (Å²) in [6, 6.07) is 2.95. The second kappa shape index (κ2) is 5.64. The molecular weight excluding hydrogens is 260 g/mol. The number of aromatic nitrogens is 4. The van der Waals surface area contributed by atoms with Gasteiger partial charge in [-0.15, -0.1) is 0 Å². The number of rotatable bonds is 5. The van der Waals surface area contributed by atoms with E-state index in [1.54, 1.807) is 13.0 Å². The Morgan fingerprint density at radius 1 is 1.40 bits per heavy atom. The van der Waals surface area contributed by atoms with Crippen molar-refractivity contribution in [2.45, 2.75) is 33.2 Å². The van der Waals surface area contributed by atoms with Crippen molar-refractivity contribution in [2.24, 2.45) is 0 Å². The maximum absolute atomic E-state index is 10.8. The quantitative estimate of drug-likeness (QED) is 0.640. The fourth-order valence-corrected chi connectivity index (χ4v) is 1.87. The fraction of sp³-hybridized carbons (Fsp3) is 0.417. The molecule has 20 heavy (non-hydrogen) atoms. The van der Waals surface area contributed by atoms with Crippen LogP contribution in [0.1, 0.15) is 36.7 Å². The Bertz CT molecular complexity index is 624. The van der Waals surface area contributed by atoms with Crippen LogP contribution in [0.5, 0.6) is 0 Å². The largest absolute Gasteiger partial charge is 0.360 e. The number of anilines is 1. The van der Waals surface area contributed by atoms with E-state index in [0.29, 0.717) is 17.3 Å². The number of nitro groups is 1. The van der Waals surface area contributed by atoms with Crippen molar-refractivity contribution in [2.75, 3.05) is 5.32 Å². The molecule has 0 saturated heterocycles. The molecule has 8 heteroatoms. The average Bonchev–Trinajstić information content (AvgIpc) is 2.82. The van der Waals surface area contributed by atoms with E-state index in [4.69, 9.17) is 0 Å². The highest BCUT2D eigenvalue weighted by Crippen LogP contribution is 2.22. The van der Waals surface area contributed by atoms with Gasteiger partial charge in [-0.1, -0.05) is 6.92 Å². The van der Waals surface area contributed by atoms with Gasteiger partial charge in [0, 0.05) is 6.07 Å². The van der Waals surface area contributed by atoms with E-state index in [9.17, 15) is 10.1 Å². The van der Waals surface area contributed by atoms with Gasteiger partial charge < -0.3 is 5.32 Å². The van der Waals surface area contributed by atoms with Gasteiger partial charge in [-0.3, -0.25) is 15.2 Å². The average molecular weight is 276 g/mol. The van der Waals surface area contributed by atoms with Gasteiger partial charge in [0.2, 0.25) is 0 Å². The van der Waals surface area contributed by atoms with Gasteiger partial charge in [0.1, 0.15) is 17.3 Å². The maximum Gasteiger partial charge on any atom is 0.290 e. The van der Waals surface area contributed by atoms with E-state index >= 15 is 0 Å². The van der Waals surface area contributed by atoms with Crippen molar-refractivity contribution in [1.82, 2.24) is 20.2 Å². The summed E-state index contributed by atoms with van der Waals surface area (Å²) in [5.74, 6) is 1.97. The van der Waals surface area contributed by atoms with Crippen molar-refractivity contribution < 1.29 is 4.92 Å². The number of aromatic amines is 1. The molecule has 0 radical (unpaired) electrons. The lowest BCUT2D eigenvalue weighted by Crippen LogP contribution is -2.13. The zero-order valence-electron chi connectivity index (χ0n) is 11.5. The Morgan fingerprint density at radius 2 is 2.15 bits per heavy atom. The molecule has 0 amide bonds. The van der Waals surface area contributed by atoms with Crippen molar-refractivity contribution in [1.29, 1.82) is 0 Å². The summed E-state index contributed by atoms with van der Waals surface area (Å²) >= 11 is 0. The van der Waals surface area contributed by atoms with Crippen LogP contribution in [0.4, 0.5) is 11.5 Å². The molecule has 0 fully saturated rings. The molecule has 2 rings (SSSR count). The van der Waals surface area contributed by atoms with Crippen molar-refractivity contribution in [3.63, 3.8) is 0 Å². The van der Waals surface area contributed by atoms with E-state index in [0.717, 1.165) is 12.2 Å². The third-order valence-electron chi connectivity index (χ3n) is 2.91. The van der Waals surface area contributed by atoms with Crippen LogP contribution >= 0.6 is 0 Å². The van der Waals surface area contributed by atoms with Crippen molar-refractivity contribution in [3.8, 4) is 0 Å². The van der Waals surface area contributed by atoms with Crippen LogP contribution in [0.3, 0.4) is 0 Å². The third-order valence-corrected chi connectivity index (χ3v) is 2.91. The monoisotopic (exact) mass is 276 g/mol. The van der Waals surface area contributed by atoms with Gasteiger partial charge in [-0.25, -0.2) is 9.97 Å². The number of H-pyrrole nitrogens is 1. The highest BCUT2D eigenvalue weighted by atomic mass is 16.6. The van der Waals surface area contributed by atoms with Gasteiger partial charge in [-0.05, 0) is 26.3 Å². The van der Waals surface area contributed by atoms with Gasteiger partial charge in [0.15, 0.2) is 5.82 Å². The predicted octanol–water partition coefficient (Wildman–Crippen LogP) is 2.29. The first-order valence-corrected chi connectivity index (χ1v) is 6.28. The summed E-state index contributed by atoms with van der Waals surface area (Å²) in [5, 5.41) is 20.9. The lowest BCUT2D eigenvalue weighted by molar-refractivity contribution is -0.385. The number of nitrogens with one attached hydrogen (secondary N) is 2. The molecule has 0 aliphatic carbocycles. The number of pyridine rings is 1. The Labute approximate surface area is 115 Å². The van der Waals surface area contributed by atoms with E-state index in [-0.39, 0.29) is 11.7 Å². The first-order valence-electron chi connectivity index (χ1n) is 6.28. The molecule has 0 unspecified atom stereocenters. The Kier molecular flexibility index (Phi) is 3.92. The first-order chi connectivity index (χ1) is 9.51. The summed E-state index contributed by atoms with van der Waals surface area (Å²) in [6.07, 6.45) is 0.773. The van der Waals surface area contributed by atoms with Gasteiger partial charge in [0.05, 0.1) is 11.0 Å². The molecule has 0 aliphatic heterocycles. The zero-order chi connectivity index (χ0) is 14.7. The first kappa shape index (κ1) is 13.9. The topological polar surface area (TPSA) is 110 Å². The number of nitrogens with zero attached hydrogens (tertiary/aromatic N) is 4. The molecule has 2 aromatic heterocycles. The highest BCUT2D eigenvalue weighted by molar-refractivity contribution is 5.45. The molecule has 2 heterocycles. The second-order valence-electron chi connectivity index (χ2n) is 4.44. The van der Waals surface area contributed by atoms with Crippen LogP contribution in [-0.4, -0.2) is 25.1 Å². The summed E-state index contributed by atoms with van der Waals surface area (Å²) in [5.41, 5.74) is 0.387. The Morgan fingerprint density at radius 3 is 2.65 bits per heavy atom. The predicted molar refractivity (Wildman–Crippen MR) is 73.4 cm³/mol. The summed E-state index contributed by atoms with van der Waals surface area (Å²) in [7, 11) is 0. The van der Waals surface area contributed by atoms with Crippen LogP contribution in [0.2, 0.25) is 0 Å². The zero-order valence-corrected chi connectivity index (χ0v) is 11.5. The molecule has 0 aliphatic rings. The van der Waals surface area contributed by atoms with E-state index in [1.165, 1.54) is 6.07 Å². The van der Waals surface area contributed by atoms with E-state index in [1.807, 2.05) is 13.8 Å². The van der Waals surface area contributed by atoms with Crippen molar-refractivity contribution >= 4 is 11.5 Å². The van der Waals surface area contributed by atoms with Gasteiger partial charge in [-0.2, -0.15) is 5.10 Å².